The van der Waals surface area contributed by atoms with E-state index in [4.69, 9.17) is 0 Å². The molecule has 2 rings (SSSR count). The van der Waals surface area contributed by atoms with Gasteiger partial charge in [-0.2, -0.15) is 5.10 Å². The van der Waals surface area contributed by atoms with E-state index < -0.39 is 0 Å². The van der Waals surface area contributed by atoms with Gasteiger partial charge in [0, 0.05) is 6.54 Å². The molecule has 0 aliphatic rings. The summed E-state index contributed by atoms with van der Waals surface area (Å²) in [6.45, 7) is 4.89. The van der Waals surface area contributed by atoms with Crippen molar-refractivity contribution in [3.8, 4) is 0 Å². The van der Waals surface area contributed by atoms with Crippen LogP contribution in [0.2, 0.25) is 0 Å². The van der Waals surface area contributed by atoms with Crippen LogP contribution in [0.1, 0.15) is 19.4 Å². The first kappa shape index (κ1) is 11.4. The van der Waals surface area contributed by atoms with Gasteiger partial charge in [-0.3, -0.25) is 4.68 Å². The Morgan fingerprint density at radius 3 is 2.47 bits per heavy atom. The first-order valence-corrected chi connectivity index (χ1v) is 5.31. The lowest BCUT2D eigenvalue weighted by Gasteiger charge is -2.00. The molecule has 0 amide bonds. The number of rotatable bonds is 3. The van der Waals surface area contributed by atoms with Crippen LogP contribution in [0.5, 0.6) is 0 Å². The zero-order chi connectivity index (χ0) is 10.9. The molecule has 15 heavy (non-hydrogen) atoms. The molecule has 1 aromatic heterocycles. The van der Waals surface area contributed by atoms with Gasteiger partial charge >= 0.3 is 0 Å². The van der Waals surface area contributed by atoms with Crippen LogP contribution in [0, 0.1) is 0 Å². The van der Waals surface area contributed by atoms with Gasteiger partial charge < -0.3 is 0 Å². The van der Waals surface area contributed by atoms with Gasteiger partial charge in [-0.25, -0.2) is 4.98 Å². The summed E-state index contributed by atoms with van der Waals surface area (Å²) in [4.78, 5) is 3.89. The lowest BCUT2D eigenvalue weighted by atomic mass is 10.2. The number of hydrogen-bond acceptors (Lipinski definition) is 2. The van der Waals surface area contributed by atoms with Gasteiger partial charge in [0.25, 0.3) is 0 Å². The van der Waals surface area contributed by atoms with E-state index in [1.165, 1.54) is 5.56 Å². The average Bonchev–Trinajstić information content (AvgIpc) is 2.83. The molecule has 1 aromatic carbocycles. The molecule has 0 spiro atoms. The molecule has 2 aromatic rings. The van der Waals surface area contributed by atoms with Gasteiger partial charge in [-0.15, -0.1) is 0 Å². The Labute approximate surface area is 90.8 Å². The molecule has 1 heterocycles. The Morgan fingerprint density at radius 1 is 1.13 bits per heavy atom. The van der Waals surface area contributed by atoms with Gasteiger partial charge in [0.05, 0.1) is 0 Å². The van der Waals surface area contributed by atoms with Crippen molar-refractivity contribution in [1.82, 2.24) is 14.8 Å². The molecule has 0 aliphatic heterocycles. The largest absolute Gasteiger partial charge is 0.253 e. The Morgan fingerprint density at radius 2 is 1.87 bits per heavy atom. The van der Waals surface area contributed by atoms with Crippen LogP contribution in [-0.2, 0) is 13.0 Å². The molecule has 0 radical (unpaired) electrons. The second-order valence-corrected chi connectivity index (χ2v) is 2.89. The van der Waals surface area contributed by atoms with Crippen LogP contribution in [0.25, 0.3) is 0 Å². The molecule has 0 unspecified atom stereocenters. The maximum Gasteiger partial charge on any atom is 0.137 e. The van der Waals surface area contributed by atoms with Crippen molar-refractivity contribution in [2.45, 2.75) is 26.8 Å². The fourth-order valence-corrected chi connectivity index (χ4v) is 1.24. The summed E-state index contributed by atoms with van der Waals surface area (Å²) >= 11 is 0. The van der Waals surface area contributed by atoms with Crippen molar-refractivity contribution in [1.29, 1.82) is 0 Å². The smallest absolute Gasteiger partial charge is 0.137 e. The number of hydrogen-bond donors (Lipinski definition) is 0. The van der Waals surface area contributed by atoms with Crippen molar-refractivity contribution >= 4 is 0 Å². The van der Waals surface area contributed by atoms with Gasteiger partial charge in [-0.1, -0.05) is 44.2 Å². The molecule has 0 saturated heterocycles. The van der Waals surface area contributed by atoms with Crippen LogP contribution in [0.3, 0.4) is 0 Å². The second kappa shape index (κ2) is 6.76. The monoisotopic (exact) mass is 203 g/mol. The van der Waals surface area contributed by atoms with E-state index in [0.29, 0.717) is 0 Å². The summed E-state index contributed by atoms with van der Waals surface area (Å²) < 4.78 is 1.84. The SMILES string of the molecule is CC.c1ccc(CCn2cncn2)cc1. The maximum absolute atomic E-state index is 4.04. The van der Waals surface area contributed by atoms with Crippen LogP contribution in [-0.4, -0.2) is 14.8 Å². The highest BCUT2D eigenvalue weighted by Gasteiger charge is 1.93. The molecule has 80 valence electrons. The minimum Gasteiger partial charge on any atom is -0.253 e. The summed E-state index contributed by atoms with van der Waals surface area (Å²) in [5, 5.41) is 4.04. The molecular weight excluding hydrogens is 186 g/mol. The summed E-state index contributed by atoms with van der Waals surface area (Å²) in [5.41, 5.74) is 1.33. The number of nitrogens with zero attached hydrogens (tertiary/aromatic N) is 3. The van der Waals surface area contributed by atoms with Crippen molar-refractivity contribution in [2.75, 3.05) is 0 Å². The van der Waals surface area contributed by atoms with Crippen LogP contribution >= 0.6 is 0 Å². The third kappa shape index (κ3) is 3.94. The van der Waals surface area contributed by atoms with Crippen molar-refractivity contribution < 1.29 is 0 Å². The zero-order valence-electron chi connectivity index (χ0n) is 9.30. The average molecular weight is 203 g/mol. The van der Waals surface area contributed by atoms with E-state index >= 15 is 0 Å². The lowest BCUT2D eigenvalue weighted by Crippen LogP contribution is -2.01. The van der Waals surface area contributed by atoms with Crippen molar-refractivity contribution in [3.05, 3.63) is 48.5 Å². The van der Waals surface area contributed by atoms with Gasteiger partial charge in [0.2, 0.25) is 0 Å². The molecule has 0 atom stereocenters. The van der Waals surface area contributed by atoms with Crippen LogP contribution in [0.4, 0.5) is 0 Å². The Bertz CT molecular complexity index is 340. The third-order valence-electron chi connectivity index (χ3n) is 1.94. The highest BCUT2D eigenvalue weighted by molar-refractivity contribution is 5.14. The van der Waals surface area contributed by atoms with E-state index in [2.05, 4.69) is 34.3 Å². The summed E-state index contributed by atoms with van der Waals surface area (Å²) in [6, 6.07) is 10.4. The molecule has 3 heteroatoms. The third-order valence-corrected chi connectivity index (χ3v) is 1.94. The minimum absolute atomic E-state index is 0.893. The number of benzene rings is 1. The van der Waals surface area contributed by atoms with Crippen molar-refractivity contribution in [2.24, 2.45) is 0 Å². The van der Waals surface area contributed by atoms with E-state index in [-0.39, 0.29) is 0 Å². The molecule has 0 N–H and O–H groups in total. The molecular formula is C12H17N3. The Hall–Kier alpha value is -1.64. The standard InChI is InChI=1S/C10H11N3.C2H6/c1-2-4-10(5-3-1)6-7-13-9-11-8-12-13;1-2/h1-5,8-9H,6-7H2;1-2H3. The molecule has 3 nitrogen and oxygen atoms in total. The quantitative estimate of drug-likeness (QED) is 0.767. The van der Waals surface area contributed by atoms with Crippen molar-refractivity contribution in [3.63, 3.8) is 0 Å². The van der Waals surface area contributed by atoms with E-state index in [9.17, 15) is 0 Å². The first-order chi connectivity index (χ1) is 7.45. The Kier molecular flexibility index (Phi) is 5.15. The summed E-state index contributed by atoms with van der Waals surface area (Å²) in [5.74, 6) is 0. The number of aromatic nitrogens is 3. The zero-order valence-corrected chi connectivity index (χ0v) is 9.30. The van der Waals surface area contributed by atoms with Gasteiger partial charge in [0.1, 0.15) is 12.7 Å². The summed E-state index contributed by atoms with van der Waals surface area (Å²) in [7, 11) is 0. The normalized spacial score (nSPS) is 9.20. The topological polar surface area (TPSA) is 30.7 Å². The molecule has 0 bridgehead atoms. The fraction of sp³-hybridized carbons (Fsp3) is 0.333. The highest BCUT2D eigenvalue weighted by Crippen LogP contribution is 2.00. The van der Waals surface area contributed by atoms with Crippen LogP contribution < -0.4 is 0 Å². The molecule has 0 aliphatic carbocycles. The minimum atomic E-state index is 0.893. The predicted octanol–water partition coefficient (Wildman–Crippen LogP) is 2.55. The van der Waals surface area contributed by atoms with E-state index in [1.54, 1.807) is 12.7 Å². The Balaban J connectivity index is 0.000000531. The fourth-order valence-electron chi connectivity index (χ4n) is 1.24. The van der Waals surface area contributed by atoms with Gasteiger partial charge in [-0.05, 0) is 12.0 Å². The van der Waals surface area contributed by atoms with E-state index in [1.807, 2.05) is 24.6 Å². The molecule has 0 fully saturated rings. The first-order valence-electron chi connectivity index (χ1n) is 5.31. The molecule has 0 saturated carbocycles. The highest BCUT2D eigenvalue weighted by atomic mass is 15.3. The number of aryl methyl sites for hydroxylation is 2. The summed E-state index contributed by atoms with van der Waals surface area (Å²) in [6.07, 6.45) is 4.30. The maximum atomic E-state index is 4.04. The van der Waals surface area contributed by atoms with Gasteiger partial charge in [0.15, 0.2) is 0 Å². The predicted molar refractivity (Wildman–Crippen MR) is 61.5 cm³/mol. The van der Waals surface area contributed by atoms with Crippen LogP contribution in [0.15, 0.2) is 43.0 Å². The van der Waals surface area contributed by atoms with E-state index in [0.717, 1.165) is 13.0 Å². The second-order valence-electron chi connectivity index (χ2n) is 2.89. The lowest BCUT2D eigenvalue weighted by molar-refractivity contribution is 0.613.